The van der Waals surface area contributed by atoms with E-state index in [9.17, 15) is 19.2 Å². The smallest absolute Gasteiger partial charge is 0.413 e. The van der Waals surface area contributed by atoms with Crippen LogP contribution in [0.2, 0.25) is 0 Å². The van der Waals surface area contributed by atoms with Gasteiger partial charge in [-0.1, -0.05) is 44.2 Å². The Morgan fingerprint density at radius 2 is 1.91 bits per heavy atom. The van der Waals surface area contributed by atoms with Crippen molar-refractivity contribution < 1.29 is 33.1 Å². The number of primary amides is 1. The van der Waals surface area contributed by atoms with Crippen LogP contribution in [-0.2, 0) is 24.5 Å². The lowest BCUT2D eigenvalue weighted by atomic mass is 9.78. The highest BCUT2D eigenvalue weighted by atomic mass is 16.6. The van der Waals surface area contributed by atoms with E-state index in [1.54, 1.807) is 6.92 Å². The number of benzene rings is 1. The lowest BCUT2D eigenvalue weighted by Crippen LogP contribution is -2.57. The average molecular weight is 472 g/mol. The number of hydrogen-bond donors (Lipinski definition) is 2. The summed E-state index contributed by atoms with van der Waals surface area (Å²) in [4.78, 5) is 51.5. The van der Waals surface area contributed by atoms with Gasteiger partial charge in [0, 0.05) is 13.1 Å². The summed E-state index contributed by atoms with van der Waals surface area (Å²) >= 11 is 0. The van der Waals surface area contributed by atoms with Crippen LogP contribution in [0.15, 0.2) is 47.1 Å². The van der Waals surface area contributed by atoms with Gasteiger partial charge in [-0.2, -0.15) is 0 Å². The third-order valence-corrected chi connectivity index (χ3v) is 5.94. The predicted molar refractivity (Wildman–Crippen MR) is 121 cm³/mol. The van der Waals surface area contributed by atoms with Gasteiger partial charge in [0.1, 0.15) is 24.5 Å². The van der Waals surface area contributed by atoms with Crippen molar-refractivity contribution in [2.24, 2.45) is 5.73 Å². The van der Waals surface area contributed by atoms with Crippen molar-refractivity contribution in [1.29, 1.82) is 0 Å². The van der Waals surface area contributed by atoms with Crippen LogP contribution in [0.4, 0.5) is 4.79 Å². The summed E-state index contributed by atoms with van der Waals surface area (Å²) < 4.78 is 15.6. The number of carbonyl (C=O) groups is 4. The van der Waals surface area contributed by atoms with Crippen molar-refractivity contribution in [2.75, 3.05) is 13.7 Å². The molecule has 3 atom stereocenters. The van der Waals surface area contributed by atoms with Crippen LogP contribution in [0.3, 0.4) is 0 Å². The first kappa shape index (κ1) is 25.0. The van der Waals surface area contributed by atoms with E-state index in [4.69, 9.17) is 19.6 Å². The first-order valence-corrected chi connectivity index (χ1v) is 10.8. The number of rotatable bonds is 8. The molecule has 0 saturated carbocycles. The van der Waals surface area contributed by atoms with Crippen molar-refractivity contribution in [3.63, 3.8) is 0 Å². The number of Topliss-reactive ketones (excluding diaryl/α,β-unsaturated/α-hetero) is 1. The van der Waals surface area contributed by atoms with Crippen LogP contribution < -0.4 is 15.8 Å². The van der Waals surface area contributed by atoms with Crippen LogP contribution in [0.5, 0.6) is 5.75 Å². The maximum Gasteiger partial charge on any atom is 0.413 e. The Morgan fingerprint density at radius 3 is 2.50 bits per heavy atom. The Bertz CT molecular complexity index is 1060. The normalized spacial score (nSPS) is 18.9. The van der Waals surface area contributed by atoms with Gasteiger partial charge in [0.05, 0.1) is 6.26 Å². The Balaban J connectivity index is 1.86. The fourth-order valence-corrected chi connectivity index (χ4v) is 4.03. The molecule has 1 fully saturated rings. The van der Waals surface area contributed by atoms with Crippen molar-refractivity contribution in [3.05, 3.63) is 54.0 Å². The van der Waals surface area contributed by atoms with Crippen LogP contribution in [-0.4, -0.2) is 60.4 Å². The second kappa shape index (κ2) is 10.1. The molecule has 1 aromatic heterocycles. The van der Waals surface area contributed by atoms with Gasteiger partial charge in [-0.05, 0) is 24.3 Å². The van der Waals surface area contributed by atoms with E-state index >= 15 is 0 Å². The molecule has 1 aliphatic rings. The zero-order valence-electron chi connectivity index (χ0n) is 19.6. The Morgan fingerprint density at radius 1 is 1.24 bits per heavy atom. The summed E-state index contributed by atoms with van der Waals surface area (Å²) in [6, 6.07) is 8.73. The summed E-state index contributed by atoms with van der Waals surface area (Å²) in [7, 11) is 1.38. The van der Waals surface area contributed by atoms with Gasteiger partial charge in [-0.25, -0.2) is 4.79 Å². The minimum atomic E-state index is -1.26. The maximum atomic E-state index is 13.5. The Kier molecular flexibility index (Phi) is 7.41. The van der Waals surface area contributed by atoms with Gasteiger partial charge >= 0.3 is 6.09 Å². The van der Waals surface area contributed by atoms with Gasteiger partial charge < -0.3 is 29.8 Å². The first-order valence-electron chi connectivity index (χ1n) is 10.8. The summed E-state index contributed by atoms with van der Waals surface area (Å²) in [5, 5.41) is 2.61. The lowest BCUT2D eigenvalue weighted by Gasteiger charge is -2.34. The van der Waals surface area contributed by atoms with Gasteiger partial charge in [0.15, 0.2) is 17.6 Å². The number of aryl methyl sites for hydroxylation is 1. The van der Waals surface area contributed by atoms with Gasteiger partial charge in [0.25, 0.3) is 0 Å². The summed E-state index contributed by atoms with van der Waals surface area (Å²) in [6.45, 7) is 5.18. The molecule has 3 N–H and O–H groups in total. The quantitative estimate of drug-likeness (QED) is 0.597. The van der Waals surface area contributed by atoms with Crippen LogP contribution in [0, 0.1) is 6.92 Å². The number of amides is 3. The standard InChI is InChI=1S/C24H29N3O7/c1-14-18(10-11-32-14)34-23(31)26-16(12-24(2,3)15-8-6-5-7-9-15)22(30)27(4)19-17(28)13-33-20(19)21(25)29/h5-11,16,19-20H,12-13H2,1-4H3,(H2,25,29)(H,26,31)/t16-,19?,20?/m0/s1. The molecule has 3 amide bonds. The molecule has 10 heteroatoms. The number of nitrogens with zero attached hydrogens (tertiary/aromatic N) is 1. The highest BCUT2D eigenvalue weighted by Gasteiger charge is 2.45. The van der Waals surface area contributed by atoms with Crippen LogP contribution in [0.25, 0.3) is 0 Å². The second-order valence-electron chi connectivity index (χ2n) is 8.88. The highest BCUT2D eigenvalue weighted by molar-refractivity contribution is 5.99. The van der Waals surface area contributed by atoms with E-state index in [-0.39, 0.29) is 18.8 Å². The van der Waals surface area contributed by atoms with Crippen molar-refractivity contribution in [1.82, 2.24) is 10.2 Å². The maximum absolute atomic E-state index is 13.5. The van der Waals surface area contributed by atoms with Crippen molar-refractivity contribution in [3.8, 4) is 5.75 Å². The SMILES string of the molecule is Cc1occc1OC(=O)N[C@@H](CC(C)(C)c1ccccc1)C(=O)N(C)C1C(=O)COC1C(N)=O. The van der Waals surface area contributed by atoms with Gasteiger partial charge in [-0.15, -0.1) is 0 Å². The third kappa shape index (κ3) is 5.45. The fraction of sp³-hybridized carbons (Fsp3) is 0.417. The topological polar surface area (TPSA) is 141 Å². The molecule has 182 valence electrons. The van der Waals surface area contributed by atoms with E-state index in [1.807, 2.05) is 44.2 Å². The Hall–Kier alpha value is -3.66. The zero-order chi connectivity index (χ0) is 25.0. The number of furan rings is 1. The number of likely N-dealkylation sites (N-methyl/N-ethyl adjacent to an activating group) is 1. The number of ether oxygens (including phenoxy) is 2. The van der Waals surface area contributed by atoms with Crippen LogP contribution in [0.1, 0.15) is 31.6 Å². The second-order valence-corrected chi connectivity index (χ2v) is 8.88. The Labute approximate surface area is 197 Å². The molecule has 1 aliphatic heterocycles. The summed E-state index contributed by atoms with van der Waals surface area (Å²) in [5.41, 5.74) is 5.77. The number of nitrogens with two attached hydrogens (primary N) is 1. The molecular formula is C24H29N3O7. The summed E-state index contributed by atoms with van der Waals surface area (Å²) in [6.07, 6.45) is -0.559. The summed E-state index contributed by atoms with van der Waals surface area (Å²) in [5.74, 6) is -1.26. The van der Waals surface area contributed by atoms with Crippen molar-refractivity contribution in [2.45, 2.75) is 50.8 Å². The fourth-order valence-electron chi connectivity index (χ4n) is 4.03. The third-order valence-electron chi connectivity index (χ3n) is 5.94. The molecular weight excluding hydrogens is 442 g/mol. The molecule has 0 aliphatic carbocycles. The minimum Gasteiger partial charge on any atom is -0.466 e. The molecule has 2 unspecified atom stereocenters. The number of hydrogen-bond acceptors (Lipinski definition) is 7. The molecule has 1 aromatic carbocycles. The molecule has 2 heterocycles. The number of carbonyl (C=O) groups excluding carboxylic acids is 4. The van der Waals surface area contributed by atoms with E-state index in [0.29, 0.717) is 5.76 Å². The molecule has 0 radical (unpaired) electrons. The average Bonchev–Trinajstić information content (AvgIpc) is 3.38. The number of ketones is 1. The predicted octanol–water partition coefficient (Wildman–Crippen LogP) is 1.69. The molecule has 1 saturated heterocycles. The van der Waals surface area contributed by atoms with Gasteiger partial charge in [0.2, 0.25) is 11.8 Å². The zero-order valence-corrected chi connectivity index (χ0v) is 19.6. The number of nitrogens with one attached hydrogen (secondary N) is 1. The molecule has 3 rings (SSSR count). The van der Waals surface area contributed by atoms with Crippen molar-refractivity contribution >= 4 is 23.7 Å². The van der Waals surface area contributed by atoms with Crippen LogP contribution >= 0.6 is 0 Å². The molecule has 0 bridgehead atoms. The molecule has 10 nitrogen and oxygen atoms in total. The van der Waals surface area contributed by atoms with E-state index < -0.39 is 47.3 Å². The largest absolute Gasteiger partial charge is 0.466 e. The van der Waals surface area contributed by atoms with Gasteiger partial charge in [-0.3, -0.25) is 14.4 Å². The minimum absolute atomic E-state index is 0.183. The van der Waals surface area contributed by atoms with E-state index in [2.05, 4.69) is 5.32 Å². The first-order chi connectivity index (χ1) is 16.0. The monoisotopic (exact) mass is 471 g/mol. The van der Waals surface area contributed by atoms with E-state index in [0.717, 1.165) is 10.5 Å². The molecule has 0 spiro atoms. The van der Waals surface area contributed by atoms with E-state index in [1.165, 1.54) is 19.4 Å². The molecule has 2 aromatic rings. The lowest BCUT2D eigenvalue weighted by molar-refractivity contribution is -0.141. The highest BCUT2D eigenvalue weighted by Crippen LogP contribution is 2.29. The molecule has 34 heavy (non-hydrogen) atoms.